The molecule has 0 amide bonds. The Bertz CT molecular complexity index is 478. The summed E-state index contributed by atoms with van der Waals surface area (Å²) in [6.45, 7) is 5.38. The summed E-state index contributed by atoms with van der Waals surface area (Å²) in [5.41, 5.74) is 4.10. The third kappa shape index (κ3) is 4.86. The van der Waals surface area contributed by atoms with E-state index >= 15 is 0 Å². The van der Waals surface area contributed by atoms with Crippen molar-refractivity contribution in [1.82, 2.24) is 5.32 Å². The van der Waals surface area contributed by atoms with Gasteiger partial charge in [0.05, 0.1) is 6.04 Å². The molecule has 0 spiro atoms. The van der Waals surface area contributed by atoms with E-state index in [9.17, 15) is 0 Å². The molecule has 0 saturated heterocycles. The molecule has 1 nitrogen and oxygen atoms in total. The lowest BCUT2D eigenvalue weighted by atomic mass is 9.90. The summed E-state index contributed by atoms with van der Waals surface area (Å²) >= 11 is 6.19. The highest BCUT2D eigenvalue weighted by atomic mass is 35.5. The quantitative estimate of drug-likeness (QED) is 0.661. The zero-order valence-corrected chi connectivity index (χ0v) is 14.2. The Morgan fingerprint density at radius 3 is 2.76 bits per heavy atom. The molecule has 0 aromatic heterocycles. The predicted octanol–water partition coefficient (Wildman–Crippen LogP) is 5.97. The number of hydrogen-bond donors (Lipinski definition) is 1. The second kappa shape index (κ2) is 8.60. The molecule has 1 aromatic rings. The van der Waals surface area contributed by atoms with Crippen LogP contribution in [0.25, 0.3) is 0 Å². The molecule has 21 heavy (non-hydrogen) atoms. The van der Waals surface area contributed by atoms with Gasteiger partial charge in [-0.05, 0) is 62.8 Å². The highest BCUT2D eigenvalue weighted by molar-refractivity contribution is 6.31. The lowest BCUT2D eigenvalue weighted by Gasteiger charge is -2.24. The van der Waals surface area contributed by atoms with E-state index < -0.39 is 0 Å². The molecular weight excluding hydrogens is 278 g/mol. The van der Waals surface area contributed by atoms with Gasteiger partial charge >= 0.3 is 0 Å². The van der Waals surface area contributed by atoms with Crippen molar-refractivity contribution >= 4 is 11.6 Å². The maximum atomic E-state index is 6.19. The molecule has 2 heteroatoms. The van der Waals surface area contributed by atoms with Crippen LogP contribution in [0.2, 0.25) is 5.02 Å². The first-order valence-corrected chi connectivity index (χ1v) is 8.78. The minimum atomic E-state index is 0.360. The molecule has 0 fully saturated rings. The number of aryl methyl sites for hydroxylation is 1. The van der Waals surface area contributed by atoms with Gasteiger partial charge in [0, 0.05) is 5.02 Å². The van der Waals surface area contributed by atoms with Crippen molar-refractivity contribution in [2.45, 2.75) is 64.8 Å². The van der Waals surface area contributed by atoms with Gasteiger partial charge in [-0.2, -0.15) is 0 Å². The van der Waals surface area contributed by atoms with Gasteiger partial charge in [-0.1, -0.05) is 55.1 Å². The lowest BCUT2D eigenvalue weighted by molar-refractivity contribution is 0.540. The number of rotatable bonds is 5. The number of halogens is 1. The SMILES string of the molecule is CCCNC(/C1=C/CCCCCC1)c1ccc(Cl)c(C)c1. The smallest absolute Gasteiger partial charge is 0.0536 e. The van der Waals surface area contributed by atoms with Crippen LogP contribution in [0.15, 0.2) is 29.8 Å². The standard InChI is InChI=1S/C19H28ClN/c1-3-13-21-19(16-9-7-5-4-6-8-10-16)17-11-12-18(20)15(2)14-17/h9,11-12,14,19,21H,3-8,10,13H2,1-2H3/b16-9+. The second-order valence-electron chi connectivity index (χ2n) is 6.13. The third-order valence-corrected chi connectivity index (χ3v) is 4.73. The molecule has 0 aliphatic heterocycles. The molecule has 116 valence electrons. The van der Waals surface area contributed by atoms with E-state index in [1.807, 2.05) is 6.07 Å². The largest absolute Gasteiger partial charge is 0.307 e. The summed E-state index contributed by atoms with van der Waals surface area (Å²) in [6, 6.07) is 6.83. The lowest BCUT2D eigenvalue weighted by Crippen LogP contribution is -2.24. The maximum Gasteiger partial charge on any atom is 0.0536 e. The molecule has 0 heterocycles. The molecule has 1 unspecified atom stereocenters. The maximum absolute atomic E-state index is 6.19. The molecule has 1 N–H and O–H groups in total. The Labute approximate surface area is 134 Å². The molecular formula is C19H28ClN. The van der Waals surface area contributed by atoms with Crippen LogP contribution in [-0.4, -0.2) is 6.54 Å². The van der Waals surface area contributed by atoms with Gasteiger partial charge in [0.1, 0.15) is 0 Å². The van der Waals surface area contributed by atoms with Crippen molar-refractivity contribution in [3.05, 3.63) is 46.0 Å². The second-order valence-corrected chi connectivity index (χ2v) is 6.53. The minimum absolute atomic E-state index is 0.360. The first-order valence-electron chi connectivity index (χ1n) is 8.40. The molecule has 0 bridgehead atoms. The Morgan fingerprint density at radius 1 is 1.19 bits per heavy atom. The van der Waals surface area contributed by atoms with Crippen molar-refractivity contribution < 1.29 is 0 Å². The average molecular weight is 306 g/mol. The topological polar surface area (TPSA) is 12.0 Å². The molecule has 2 rings (SSSR count). The Balaban J connectivity index is 2.25. The summed E-state index contributed by atoms with van der Waals surface area (Å²) in [5.74, 6) is 0. The van der Waals surface area contributed by atoms with Crippen molar-refractivity contribution in [2.75, 3.05) is 6.54 Å². The highest BCUT2D eigenvalue weighted by Crippen LogP contribution is 2.30. The van der Waals surface area contributed by atoms with Crippen molar-refractivity contribution in [1.29, 1.82) is 0 Å². The van der Waals surface area contributed by atoms with E-state index in [2.05, 4.69) is 37.4 Å². The van der Waals surface area contributed by atoms with Crippen molar-refractivity contribution in [3.63, 3.8) is 0 Å². The van der Waals surface area contributed by atoms with Crippen molar-refractivity contribution in [3.8, 4) is 0 Å². The molecule has 0 saturated carbocycles. The third-order valence-electron chi connectivity index (χ3n) is 4.31. The van der Waals surface area contributed by atoms with E-state index in [-0.39, 0.29) is 0 Å². The summed E-state index contributed by atoms with van der Waals surface area (Å²) < 4.78 is 0. The molecule has 0 radical (unpaired) electrons. The van der Waals surface area contributed by atoms with Gasteiger partial charge in [0.25, 0.3) is 0 Å². The number of allylic oxidation sites excluding steroid dienone is 1. The van der Waals surface area contributed by atoms with Crippen LogP contribution in [0.1, 0.15) is 69.0 Å². The van der Waals surface area contributed by atoms with E-state index in [1.165, 1.54) is 49.7 Å². The summed E-state index contributed by atoms with van der Waals surface area (Å²) in [6.07, 6.45) is 11.5. The van der Waals surface area contributed by atoms with E-state index in [0.29, 0.717) is 6.04 Å². The molecule has 1 aliphatic carbocycles. The first-order chi connectivity index (χ1) is 10.2. The number of benzene rings is 1. The Kier molecular flexibility index (Phi) is 6.79. The average Bonchev–Trinajstić information content (AvgIpc) is 2.44. The van der Waals surface area contributed by atoms with Crippen LogP contribution < -0.4 is 5.32 Å². The first kappa shape index (κ1) is 16.6. The van der Waals surface area contributed by atoms with Gasteiger partial charge in [-0.3, -0.25) is 0 Å². The molecule has 1 atom stereocenters. The minimum Gasteiger partial charge on any atom is -0.307 e. The fourth-order valence-corrected chi connectivity index (χ4v) is 3.20. The monoisotopic (exact) mass is 305 g/mol. The number of nitrogens with one attached hydrogen (secondary N) is 1. The van der Waals surface area contributed by atoms with Crippen LogP contribution in [0.5, 0.6) is 0 Å². The van der Waals surface area contributed by atoms with Crippen LogP contribution in [-0.2, 0) is 0 Å². The van der Waals surface area contributed by atoms with Crippen LogP contribution in [0.3, 0.4) is 0 Å². The summed E-state index contributed by atoms with van der Waals surface area (Å²) in [7, 11) is 0. The van der Waals surface area contributed by atoms with Crippen LogP contribution in [0, 0.1) is 6.92 Å². The van der Waals surface area contributed by atoms with Gasteiger partial charge in [-0.25, -0.2) is 0 Å². The Morgan fingerprint density at radius 2 is 2.00 bits per heavy atom. The van der Waals surface area contributed by atoms with Crippen LogP contribution >= 0.6 is 11.6 Å². The van der Waals surface area contributed by atoms with Crippen LogP contribution in [0.4, 0.5) is 0 Å². The fraction of sp³-hybridized carbons (Fsp3) is 0.579. The predicted molar refractivity (Wildman–Crippen MR) is 93.0 cm³/mol. The normalized spacial score (nSPS) is 20.2. The van der Waals surface area contributed by atoms with Gasteiger partial charge in [0.15, 0.2) is 0 Å². The number of hydrogen-bond acceptors (Lipinski definition) is 1. The van der Waals surface area contributed by atoms with Gasteiger partial charge < -0.3 is 5.32 Å². The zero-order valence-electron chi connectivity index (χ0n) is 13.4. The highest BCUT2D eigenvalue weighted by Gasteiger charge is 2.17. The van der Waals surface area contributed by atoms with Gasteiger partial charge in [-0.15, -0.1) is 0 Å². The summed E-state index contributed by atoms with van der Waals surface area (Å²) in [5, 5.41) is 4.60. The van der Waals surface area contributed by atoms with E-state index in [1.54, 1.807) is 5.57 Å². The van der Waals surface area contributed by atoms with E-state index in [4.69, 9.17) is 11.6 Å². The fourth-order valence-electron chi connectivity index (χ4n) is 3.08. The molecule has 1 aliphatic rings. The van der Waals surface area contributed by atoms with E-state index in [0.717, 1.165) is 18.0 Å². The molecule has 1 aromatic carbocycles. The summed E-state index contributed by atoms with van der Waals surface area (Å²) in [4.78, 5) is 0. The van der Waals surface area contributed by atoms with Gasteiger partial charge in [0.2, 0.25) is 0 Å². The van der Waals surface area contributed by atoms with Crippen molar-refractivity contribution in [2.24, 2.45) is 0 Å². The Hall–Kier alpha value is -0.790. The zero-order chi connectivity index (χ0) is 15.1.